The molecule has 0 radical (unpaired) electrons. The Morgan fingerprint density at radius 3 is 2.67 bits per heavy atom. The van der Waals surface area contributed by atoms with E-state index < -0.39 is 23.6 Å². The third-order valence-electron chi connectivity index (χ3n) is 4.48. The molecule has 1 unspecified atom stereocenters. The Bertz CT molecular complexity index is 888. The van der Waals surface area contributed by atoms with Gasteiger partial charge in [-0.3, -0.25) is 4.79 Å². The molecule has 3 rings (SSSR count). The van der Waals surface area contributed by atoms with E-state index in [0.29, 0.717) is 24.2 Å². The summed E-state index contributed by atoms with van der Waals surface area (Å²) in [6.07, 6.45) is 0.111. The number of benzene rings is 2. The first-order chi connectivity index (χ1) is 12.9. The van der Waals surface area contributed by atoms with Gasteiger partial charge in [0.1, 0.15) is 0 Å². The number of fused-ring (bicyclic) bond motifs is 1. The maximum atomic E-state index is 13.4. The molecule has 0 aromatic heterocycles. The number of anilines is 2. The summed E-state index contributed by atoms with van der Waals surface area (Å²) >= 11 is 0. The van der Waals surface area contributed by atoms with E-state index in [2.05, 4.69) is 15.4 Å². The topological polar surface area (TPSA) is 70.7 Å². The van der Waals surface area contributed by atoms with Crippen molar-refractivity contribution < 1.29 is 23.1 Å². The zero-order valence-electron chi connectivity index (χ0n) is 14.9. The van der Waals surface area contributed by atoms with Crippen LogP contribution in [-0.2, 0) is 4.74 Å². The highest BCUT2D eigenvalue weighted by Gasteiger charge is 2.28. The van der Waals surface area contributed by atoms with E-state index in [1.165, 1.54) is 13.2 Å². The summed E-state index contributed by atoms with van der Waals surface area (Å²) in [7, 11) is 3.14. The van der Waals surface area contributed by atoms with Crippen LogP contribution in [0, 0.1) is 11.6 Å². The number of para-hydroxylation sites is 1. The van der Waals surface area contributed by atoms with Crippen molar-refractivity contribution in [2.24, 2.45) is 0 Å². The summed E-state index contributed by atoms with van der Waals surface area (Å²) < 4.78 is 31.1. The second-order valence-electron chi connectivity index (χ2n) is 6.23. The number of ether oxygens (including phenoxy) is 1. The van der Waals surface area contributed by atoms with Crippen LogP contribution in [-0.4, -0.2) is 32.7 Å². The van der Waals surface area contributed by atoms with E-state index in [-0.39, 0.29) is 11.7 Å². The third kappa shape index (κ3) is 3.84. The minimum atomic E-state index is -1.04. The lowest BCUT2D eigenvalue weighted by Crippen LogP contribution is -2.37. The summed E-state index contributed by atoms with van der Waals surface area (Å²) in [5.41, 5.74) is 1.98. The quantitative estimate of drug-likeness (QED) is 0.862. The van der Waals surface area contributed by atoms with Crippen LogP contribution in [0.5, 0.6) is 0 Å². The first-order valence-electron chi connectivity index (χ1n) is 8.35. The molecule has 0 saturated heterocycles. The van der Waals surface area contributed by atoms with Crippen molar-refractivity contribution >= 4 is 23.4 Å². The van der Waals surface area contributed by atoms with Crippen molar-refractivity contribution in [2.45, 2.75) is 12.5 Å². The summed E-state index contributed by atoms with van der Waals surface area (Å²) in [5.74, 6) is -2.48. The van der Waals surface area contributed by atoms with E-state index in [9.17, 15) is 18.4 Å². The molecule has 0 aliphatic carbocycles. The number of carbonyl (C=O) groups is 2. The van der Waals surface area contributed by atoms with Crippen LogP contribution in [0.25, 0.3) is 0 Å². The van der Waals surface area contributed by atoms with Gasteiger partial charge in [0.05, 0.1) is 24.4 Å². The molecule has 0 bridgehead atoms. The van der Waals surface area contributed by atoms with Gasteiger partial charge in [0.2, 0.25) is 0 Å². The summed E-state index contributed by atoms with van der Waals surface area (Å²) in [6, 6.07) is 8.06. The molecule has 0 saturated carbocycles. The van der Waals surface area contributed by atoms with E-state index in [1.807, 2.05) is 18.0 Å². The molecular weight excluding hydrogens is 356 g/mol. The number of nitrogens with zero attached hydrogens (tertiary/aromatic N) is 1. The van der Waals surface area contributed by atoms with E-state index in [0.717, 1.165) is 17.7 Å². The summed E-state index contributed by atoms with van der Waals surface area (Å²) in [4.78, 5) is 26.3. The minimum absolute atomic E-state index is 0.152. The molecular formula is C19H19F2N3O3. The molecule has 2 N–H and O–H groups in total. The number of rotatable bonds is 3. The summed E-state index contributed by atoms with van der Waals surface area (Å²) in [6.45, 7) is 0.622. The lowest BCUT2D eigenvalue weighted by Gasteiger charge is -2.34. The number of hydrogen-bond donors (Lipinski definition) is 2. The fourth-order valence-corrected chi connectivity index (χ4v) is 3.17. The van der Waals surface area contributed by atoms with Crippen LogP contribution in [0.3, 0.4) is 0 Å². The zero-order valence-corrected chi connectivity index (χ0v) is 14.9. The Balaban J connectivity index is 1.92. The fourth-order valence-electron chi connectivity index (χ4n) is 3.17. The standard InChI is InChI=1S/C19H19F2N3O3/c1-24-9-8-16(23-19(26)27-2)12-4-3-5-13(17(12)24)18(25)22-11-6-7-14(20)15(21)10-11/h3-7,10,16H,8-9H2,1-2H3,(H,22,25)(H,23,26). The molecule has 1 heterocycles. The number of amides is 2. The molecule has 6 nitrogen and oxygen atoms in total. The van der Waals surface area contributed by atoms with Gasteiger partial charge in [-0.2, -0.15) is 0 Å². The highest BCUT2D eigenvalue weighted by atomic mass is 19.2. The maximum absolute atomic E-state index is 13.4. The van der Waals surface area contributed by atoms with Crippen molar-refractivity contribution in [3.8, 4) is 0 Å². The lowest BCUT2D eigenvalue weighted by molar-refractivity contribution is 0.102. The monoisotopic (exact) mass is 375 g/mol. The zero-order chi connectivity index (χ0) is 19.6. The molecule has 0 fully saturated rings. The van der Waals surface area contributed by atoms with Crippen LogP contribution in [0.15, 0.2) is 36.4 Å². The second kappa shape index (κ2) is 7.61. The average molecular weight is 375 g/mol. The van der Waals surface area contributed by atoms with Gasteiger partial charge in [0.15, 0.2) is 11.6 Å². The molecule has 2 aromatic rings. The van der Waals surface area contributed by atoms with Gasteiger partial charge in [0.25, 0.3) is 5.91 Å². The van der Waals surface area contributed by atoms with Crippen molar-refractivity contribution in [1.82, 2.24) is 5.32 Å². The van der Waals surface area contributed by atoms with Crippen LogP contribution in [0.4, 0.5) is 25.0 Å². The van der Waals surface area contributed by atoms with Crippen LogP contribution in [0.1, 0.15) is 28.4 Å². The number of nitrogens with one attached hydrogen (secondary N) is 2. The largest absolute Gasteiger partial charge is 0.453 e. The van der Waals surface area contributed by atoms with Crippen molar-refractivity contribution in [1.29, 1.82) is 0 Å². The fraction of sp³-hybridized carbons (Fsp3) is 0.263. The van der Waals surface area contributed by atoms with E-state index >= 15 is 0 Å². The predicted octanol–water partition coefficient (Wildman–Crippen LogP) is 3.45. The van der Waals surface area contributed by atoms with Crippen LogP contribution < -0.4 is 15.5 Å². The molecule has 1 atom stereocenters. The Labute approximate surface area is 155 Å². The maximum Gasteiger partial charge on any atom is 0.407 e. The first kappa shape index (κ1) is 18.6. The van der Waals surface area contributed by atoms with Gasteiger partial charge >= 0.3 is 6.09 Å². The second-order valence-corrected chi connectivity index (χ2v) is 6.23. The molecule has 1 aliphatic rings. The molecule has 2 amide bonds. The van der Waals surface area contributed by atoms with Gasteiger partial charge in [-0.05, 0) is 30.2 Å². The number of carbonyl (C=O) groups excluding carboxylic acids is 2. The number of halogens is 2. The predicted molar refractivity (Wildman–Crippen MR) is 96.9 cm³/mol. The molecule has 1 aliphatic heterocycles. The van der Waals surface area contributed by atoms with Gasteiger partial charge in [-0.1, -0.05) is 12.1 Å². The van der Waals surface area contributed by atoms with Crippen molar-refractivity contribution in [3.05, 3.63) is 59.2 Å². The Morgan fingerprint density at radius 2 is 1.96 bits per heavy atom. The highest BCUT2D eigenvalue weighted by Crippen LogP contribution is 2.36. The molecule has 27 heavy (non-hydrogen) atoms. The van der Waals surface area contributed by atoms with E-state index in [1.54, 1.807) is 12.1 Å². The normalized spacial score (nSPS) is 15.7. The lowest BCUT2D eigenvalue weighted by atomic mass is 9.93. The van der Waals surface area contributed by atoms with Gasteiger partial charge in [-0.15, -0.1) is 0 Å². The van der Waals surface area contributed by atoms with Crippen LogP contribution >= 0.6 is 0 Å². The Hall–Kier alpha value is -3.16. The number of methoxy groups -OCH3 is 1. The Kier molecular flexibility index (Phi) is 5.25. The van der Waals surface area contributed by atoms with Crippen molar-refractivity contribution in [3.63, 3.8) is 0 Å². The average Bonchev–Trinajstić information content (AvgIpc) is 2.66. The first-order valence-corrected chi connectivity index (χ1v) is 8.35. The van der Waals surface area contributed by atoms with Crippen molar-refractivity contribution in [2.75, 3.05) is 30.9 Å². The Morgan fingerprint density at radius 1 is 1.19 bits per heavy atom. The van der Waals surface area contributed by atoms with Gasteiger partial charge in [0, 0.05) is 25.3 Å². The summed E-state index contributed by atoms with van der Waals surface area (Å²) in [5, 5.41) is 5.34. The SMILES string of the molecule is COC(=O)NC1CCN(C)c2c(C(=O)Nc3ccc(F)c(F)c3)cccc21. The van der Waals surface area contributed by atoms with Gasteiger partial charge < -0.3 is 20.3 Å². The number of hydrogen-bond acceptors (Lipinski definition) is 4. The van der Waals surface area contributed by atoms with E-state index in [4.69, 9.17) is 0 Å². The minimum Gasteiger partial charge on any atom is -0.453 e. The molecule has 0 spiro atoms. The molecule has 8 heteroatoms. The smallest absolute Gasteiger partial charge is 0.407 e. The highest BCUT2D eigenvalue weighted by molar-refractivity contribution is 6.08. The van der Waals surface area contributed by atoms with Crippen LogP contribution in [0.2, 0.25) is 0 Å². The number of alkyl carbamates (subject to hydrolysis) is 1. The molecule has 2 aromatic carbocycles. The third-order valence-corrected chi connectivity index (χ3v) is 4.48. The molecule has 142 valence electrons. The van der Waals surface area contributed by atoms with Gasteiger partial charge in [-0.25, -0.2) is 13.6 Å².